The van der Waals surface area contributed by atoms with Gasteiger partial charge in [0.15, 0.2) is 0 Å². The molecule has 1 aliphatic heterocycles. The van der Waals surface area contributed by atoms with Crippen LogP contribution in [-0.2, 0) is 4.74 Å². The SMILES string of the molecule is CC(C)(C)OC(=O)N1CCNC(c2cnc3ccccc3n2)C1. The molecule has 1 unspecified atom stereocenters. The average molecular weight is 314 g/mol. The highest BCUT2D eigenvalue weighted by Gasteiger charge is 2.28. The average Bonchev–Trinajstić information content (AvgIpc) is 2.53. The van der Waals surface area contributed by atoms with E-state index in [9.17, 15) is 4.79 Å². The summed E-state index contributed by atoms with van der Waals surface area (Å²) >= 11 is 0. The zero-order chi connectivity index (χ0) is 16.4. The molecule has 1 atom stereocenters. The van der Waals surface area contributed by atoms with E-state index in [1.54, 1.807) is 11.1 Å². The predicted molar refractivity (Wildman–Crippen MR) is 88.1 cm³/mol. The Morgan fingerprint density at radius 1 is 1.30 bits per heavy atom. The number of amides is 1. The van der Waals surface area contributed by atoms with Crippen molar-refractivity contribution < 1.29 is 9.53 Å². The van der Waals surface area contributed by atoms with Gasteiger partial charge in [-0.25, -0.2) is 9.78 Å². The van der Waals surface area contributed by atoms with Crippen molar-refractivity contribution in [1.82, 2.24) is 20.2 Å². The van der Waals surface area contributed by atoms with Crippen LogP contribution in [-0.4, -0.2) is 46.2 Å². The molecule has 23 heavy (non-hydrogen) atoms. The van der Waals surface area contributed by atoms with E-state index in [0.29, 0.717) is 19.6 Å². The van der Waals surface area contributed by atoms with E-state index in [-0.39, 0.29) is 12.1 Å². The van der Waals surface area contributed by atoms with Gasteiger partial charge in [0.1, 0.15) is 5.60 Å². The van der Waals surface area contributed by atoms with Crippen LogP contribution in [0.5, 0.6) is 0 Å². The fourth-order valence-electron chi connectivity index (χ4n) is 2.58. The van der Waals surface area contributed by atoms with E-state index in [0.717, 1.165) is 16.7 Å². The van der Waals surface area contributed by atoms with Crippen LogP contribution in [0, 0.1) is 0 Å². The molecule has 0 aliphatic carbocycles. The van der Waals surface area contributed by atoms with Crippen LogP contribution in [0.3, 0.4) is 0 Å². The molecule has 6 heteroatoms. The van der Waals surface area contributed by atoms with Gasteiger partial charge in [-0.15, -0.1) is 0 Å². The number of benzene rings is 1. The first-order valence-electron chi connectivity index (χ1n) is 7.85. The van der Waals surface area contributed by atoms with Crippen molar-refractivity contribution in [2.45, 2.75) is 32.4 Å². The van der Waals surface area contributed by atoms with E-state index in [4.69, 9.17) is 4.74 Å². The van der Waals surface area contributed by atoms with Gasteiger partial charge in [-0.1, -0.05) is 12.1 Å². The number of nitrogens with zero attached hydrogens (tertiary/aromatic N) is 3. The summed E-state index contributed by atoms with van der Waals surface area (Å²) < 4.78 is 5.45. The fourth-order valence-corrected chi connectivity index (χ4v) is 2.58. The van der Waals surface area contributed by atoms with E-state index >= 15 is 0 Å². The number of carbonyl (C=O) groups is 1. The van der Waals surface area contributed by atoms with Gasteiger partial charge in [0.2, 0.25) is 0 Å². The Labute approximate surface area is 135 Å². The molecule has 6 nitrogen and oxygen atoms in total. The number of hydrogen-bond acceptors (Lipinski definition) is 5. The van der Waals surface area contributed by atoms with E-state index < -0.39 is 5.60 Å². The van der Waals surface area contributed by atoms with Gasteiger partial charge in [0.05, 0.1) is 29.0 Å². The summed E-state index contributed by atoms with van der Waals surface area (Å²) in [5.74, 6) is 0. The summed E-state index contributed by atoms with van der Waals surface area (Å²) in [6.45, 7) is 7.49. The second-order valence-corrected chi connectivity index (χ2v) is 6.72. The predicted octanol–water partition coefficient (Wildman–Crippen LogP) is 2.51. The van der Waals surface area contributed by atoms with Crippen LogP contribution in [0.15, 0.2) is 30.5 Å². The van der Waals surface area contributed by atoms with Crippen LogP contribution < -0.4 is 5.32 Å². The summed E-state index contributed by atoms with van der Waals surface area (Å²) in [5.41, 5.74) is 2.09. The normalized spacial score (nSPS) is 18.9. The lowest BCUT2D eigenvalue weighted by molar-refractivity contribution is 0.0194. The molecule has 1 aliphatic rings. The van der Waals surface area contributed by atoms with Gasteiger partial charge in [0.25, 0.3) is 0 Å². The summed E-state index contributed by atoms with van der Waals surface area (Å²) in [4.78, 5) is 23.1. The monoisotopic (exact) mass is 314 g/mol. The van der Waals surface area contributed by atoms with Gasteiger partial charge < -0.3 is 15.0 Å². The van der Waals surface area contributed by atoms with Crippen molar-refractivity contribution >= 4 is 17.1 Å². The number of rotatable bonds is 1. The van der Waals surface area contributed by atoms with Crippen LogP contribution in [0.4, 0.5) is 4.79 Å². The molecule has 122 valence electrons. The highest BCUT2D eigenvalue weighted by atomic mass is 16.6. The maximum atomic E-state index is 12.2. The van der Waals surface area contributed by atoms with Crippen molar-refractivity contribution in [1.29, 1.82) is 0 Å². The third-order valence-corrected chi connectivity index (χ3v) is 3.65. The Balaban J connectivity index is 1.75. The molecular formula is C17H22N4O2. The number of nitrogens with one attached hydrogen (secondary N) is 1. The number of hydrogen-bond donors (Lipinski definition) is 1. The molecule has 1 aromatic carbocycles. The Bertz CT molecular complexity index is 711. The minimum absolute atomic E-state index is 0.0339. The quantitative estimate of drug-likeness (QED) is 0.876. The fraction of sp³-hybridized carbons (Fsp3) is 0.471. The molecule has 3 rings (SSSR count). The lowest BCUT2D eigenvalue weighted by Crippen LogP contribution is -2.49. The Kier molecular flexibility index (Phi) is 4.17. The molecule has 0 bridgehead atoms. The van der Waals surface area contributed by atoms with E-state index in [2.05, 4.69) is 15.3 Å². The zero-order valence-electron chi connectivity index (χ0n) is 13.7. The number of para-hydroxylation sites is 2. The summed E-state index contributed by atoms with van der Waals surface area (Å²) in [5, 5.41) is 3.40. The summed E-state index contributed by atoms with van der Waals surface area (Å²) in [6.07, 6.45) is 1.50. The van der Waals surface area contributed by atoms with E-state index in [1.807, 2.05) is 45.0 Å². The topological polar surface area (TPSA) is 67.3 Å². The highest BCUT2D eigenvalue weighted by Crippen LogP contribution is 2.19. The maximum Gasteiger partial charge on any atom is 0.410 e. The van der Waals surface area contributed by atoms with Gasteiger partial charge in [-0.3, -0.25) is 4.98 Å². The van der Waals surface area contributed by atoms with Crippen LogP contribution in [0.2, 0.25) is 0 Å². The van der Waals surface area contributed by atoms with Crippen LogP contribution in [0.1, 0.15) is 32.5 Å². The molecular weight excluding hydrogens is 292 g/mol. The zero-order valence-corrected chi connectivity index (χ0v) is 13.7. The summed E-state index contributed by atoms with van der Waals surface area (Å²) in [6, 6.07) is 7.74. The lowest BCUT2D eigenvalue weighted by atomic mass is 10.1. The molecule has 0 spiro atoms. The second kappa shape index (κ2) is 6.12. The second-order valence-electron chi connectivity index (χ2n) is 6.72. The Hall–Kier alpha value is -2.21. The van der Waals surface area contributed by atoms with Crippen molar-refractivity contribution in [3.8, 4) is 0 Å². The van der Waals surface area contributed by atoms with Gasteiger partial charge in [-0.2, -0.15) is 0 Å². The molecule has 1 N–H and O–H groups in total. The standard InChI is InChI=1S/C17H22N4O2/c1-17(2,3)23-16(22)21-9-8-18-15(11-21)14-10-19-12-6-4-5-7-13(12)20-14/h4-7,10,15,18H,8-9,11H2,1-3H3. The minimum atomic E-state index is -0.486. The van der Waals surface area contributed by atoms with Crippen molar-refractivity contribution in [2.24, 2.45) is 0 Å². The molecule has 1 amide bonds. The molecule has 2 heterocycles. The summed E-state index contributed by atoms with van der Waals surface area (Å²) in [7, 11) is 0. The number of carbonyl (C=O) groups excluding carboxylic acids is 1. The molecule has 2 aromatic rings. The van der Waals surface area contributed by atoms with Gasteiger partial charge in [-0.05, 0) is 32.9 Å². The first-order valence-corrected chi connectivity index (χ1v) is 7.85. The van der Waals surface area contributed by atoms with Crippen molar-refractivity contribution in [3.63, 3.8) is 0 Å². The molecule has 0 saturated carbocycles. The molecule has 1 fully saturated rings. The molecule has 1 saturated heterocycles. The van der Waals surface area contributed by atoms with Gasteiger partial charge in [0, 0.05) is 19.6 Å². The van der Waals surface area contributed by atoms with E-state index in [1.165, 1.54) is 0 Å². The van der Waals surface area contributed by atoms with Crippen LogP contribution >= 0.6 is 0 Å². The minimum Gasteiger partial charge on any atom is -0.444 e. The smallest absolute Gasteiger partial charge is 0.410 e. The maximum absolute atomic E-state index is 12.2. The first-order chi connectivity index (χ1) is 10.9. The number of piperazine rings is 1. The third-order valence-electron chi connectivity index (χ3n) is 3.65. The first kappa shape index (κ1) is 15.7. The highest BCUT2D eigenvalue weighted by molar-refractivity contribution is 5.73. The number of fused-ring (bicyclic) bond motifs is 1. The Morgan fingerprint density at radius 2 is 2.04 bits per heavy atom. The van der Waals surface area contributed by atoms with Gasteiger partial charge >= 0.3 is 6.09 Å². The molecule has 1 aromatic heterocycles. The Morgan fingerprint density at radius 3 is 2.78 bits per heavy atom. The number of aromatic nitrogens is 2. The molecule has 0 radical (unpaired) electrons. The van der Waals surface area contributed by atoms with Crippen molar-refractivity contribution in [3.05, 3.63) is 36.2 Å². The largest absolute Gasteiger partial charge is 0.444 e. The van der Waals surface area contributed by atoms with Crippen LogP contribution in [0.25, 0.3) is 11.0 Å². The lowest BCUT2D eigenvalue weighted by Gasteiger charge is -2.34. The van der Waals surface area contributed by atoms with Crippen molar-refractivity contribution in [2.75, 3.05) is 19.6 Å². The number of ether oxygens (including phenoxy) is 1. The third kappa shape index (κ3) is 3.76.